The summed E-state index contributed by atoms with van der Waals surface area (Å²) >= 11 is 0. The fraction of sp³-hybridized carbons (Fsp3) is 0.913. The number of ether oxygens (including phenoxy) is 1. The Kier molecular flexibility index (Phi) is 7.77. The van der Waals surface area contributed by atoms with Crippen molar-refractivity contribution in [3.63, 3.8) is 0 Å². The van der Waals surface area contributed by atoms with Crippen molar-refractivity contribution in [1.29, 1.82) is 0 Å². The van der Waals surface area contributed by atoms with Gasteiger partial charge in [0.2, 0.25) is 11.8 Å². The summed E-state index contributed by atoms with van der Waals surface area (Å²) in [4.78, 5) is 25.0. The third-order valence-corrected chi connectivity index (χ3v) is 7.32. The van der Waals surface area contributed by atoms with Crippen LogP contribution in [0.2, 0.25) is 0 Å². The summed E-state index contributed by atoms with van der Waals surface area (Å²) in [6.07, 6.45) is 3.62. The Bertz CT molecular complexity index is 588. The number of aliphatic hydroxyl groups excluding tert-OH is 1. The molecule has 0 spiro atoms. The number of nitrogens with one attached hydrogen (secondary N) is 2. The lowest BCUT2D eigenvalue weighted by Gasteiger charge is -2.56. The Labute approximate surface area is 176 Å². The highest BCUT2D eigenvalue weighted by Crippen LogP contribution is 2.55. The van der Waals surface area contributed by atoms with E-state index in [-0.39, 0.29) is 52.5 Å². The third-order valence-electron chi connectivity index (χ3n) is 7.32. The molecule has 2 aliphatic carbocycles. The molecular weight excluding hydrogens is 368 g/mol. The molecule has 2 rings (SSSR count). The van der Waals surface area contributed by atoms with E-state index in [1.54, 1.807) is 7.11 Å². The Balaban J connectivity index is 2.11. The summed E-state index contributed by atoms with van der Waals surface area (Å²) in [6.45, 7) is 12.7. The first-order chi connectivity index (χ1) is 13.4. The molecule has 168 valence electrons. The number of carbonyl (C=O) groups is 2. The maximum absolute atomic E-state index is 12.7. The average Bonchev–Trinajstić information content (AvgIpc) is 2.60. The Morgan fingerprint density at radius 1 is 1.24 bits per heavy atom. The molecule has 3 N–H and O–H groups in total. The number of methoxy groups -OCH3 is 1. The molecule has 0 aliphatic heterocycles. The minimum Gasteiger partial charge on any atom is -0.392 e. The van der Waals surface area contributed by atoms with Crippen molar-refractivity contribution >= 4 is 11.8 Å². The summed E-state index contributed by atoms with van der Waals surface area (Å²) in [6, 6.07) is 0.0598. The number of carbonyl (C=O) groups excluding carboxylic acids is 2. The molecule has 7 atom stereocenters. The predicted octanol–water partition coefficient (Wildman–Crippen LogP) is 2.88. The number of rotatable bonds is 6. The van der Waals surface area contributed by atoms with E-state index in [4.69, 9.17) is 4.74 Å². The van der Waals surface area contributed by atoms with Crippen LogP contribution in [-0.4, -0.2) is 48.3 Å². The molecule has 0 aromatic carbocycles. The molecule has 29 heavy (non-hydrogen) atoms. The van der Waals surface area contributed by atoms with Gasteiger partial charge in [-0.2, -0.15) is 0 Å². The van der Waals surface area contributed by atoms with E-state index >= 15 is 0 Å². The first-order valence-corrected chi connectivity index (χ1v) is 11.2. The van der Waals surface area contributed by atoms with Crippen LogP contribution in [-0.2, 0) is 14.3 Å². The van der Waals surface area contributed by atoms with Crippen molar-refractivity contribution in [3.8, 4) is 0 Å². The van der Waals surface area contributed by atoms with Crippen molar-refractivity contribution in [2.75, 3.05) is 13.7 Å². The zero-order valence-electron chi connectivity index (χ0n) is 19.4. The van der Waals surface area contributed by atoms with E-state index in [0.29, 0.717) is 13.0 Å². The summed E-state index contributed by atoms with van der Waals surface area (Å²) in [5.41, 5.74) is -0.224. The van der Waals surface area contributed by atoms with E-state index in [9.17, 15) is 14.7 Å². The smallest absolute Gasteiger partial charge is 0.223 e. The van der Waals surface area contributed by atoms with Gasteiger partial charge in [0.1, 0.15) is 0 Å². The monoisotopic (exact) mass is 410 g/mol. The zero-order valence-corrected chi connectivity index (χ0v) is 19.4. The average molecular weight is 411 g/mol. The molecule has 0 bridgehead atoms. The normalized spacial score (nSPS) is 36.1. The standard InChI is InChI=1S/C23H42N2O4/c1-14(21(28)25-22(3,4)5)16-8-11-23(6)12-9-17(15(2)19(23)20(16)27)24-18(26)10-13-29-7/h14-17,19-20,27H,8-13H2,1-7H3,(H,24,26)(H,25,28)/t14-,15+,16?,17-,19+,20-,23-/m0/s1. The second-order valence-electron chi connectivity index (χ2n) is 10.7. The molecule has 6 nitrogen and oxygen atoms in total. The Morgan fingerprint density at radius 3 is 2.45 bits per heavy atom. The highest BCUT2D eigenvalue weighted by atomic mass is 16.5. The van der Waals surface area contributed by atoms with Gasteiger partial charge < -0.3 is 20.5 Å². The van der Waals surface area contributed by atoms with Gasteiger partial charge >= 0.3 is 0 Å². The number of aliphatic hydroxyl groups is 1. The molecule has 0 aromatic rings. The van der Waals surface area contributed by atoms with Crippen LogP contribution >= 0.6 is 0 Å². The van der Waals surface area contributed by atoms with E-state index in [0.717, 1.165) is 25.7 Å². The van der Waals surface area contributed by atoms with Crippen molar-refractivity contribution in [1.82, 2.24) is 10.6 Å². The minimum absolute atomic E-state index is 0.00655. The van der Waals surface area contributed by atoms with Gasteiger partial charge in [0.15, 0.2) is 0 Å². The van der Waals surface area contributed by atoms with Gasteiger partial charge in [0.25, 0.3) is 0 Å². The van der Waals surface area contributed by atoms with Crippen molar-refractivity contribution in [2.45, 2.75) is 91.3 Å². The predicted molar refractivity (Wildman–Crippen MR) is 114 cm³/mol. The number of hydrogen-bond donors (Lipinski definition) is 3. The van der Waals surface area contributed by atoms with Crippen LogP contribution in [0.15, 0.2) is 0 Å². The summed E-state index contributed by atoms with van der Waals surface area (Å²) < 4.78 is 5.01. The van der Waals surface area contributed by atoms with Gasteiger partial charge in [0.05, 0.1) is 12.7 Å². The summed E-state index contributed by atoms with van der Waals surface area (Å²) in [7, 11) is 1.59. The van der Waals surface area contributed by atoms with E-state index < -0.39 is 6.10 Å². The molecule has 2 fully saturated rings. The van der Waals surface area contributed by atoms with E-state index in [2.05, 4.69) is 24.5 Å². The lowest BCUT2D eigenvalue weighted by Crippen LogP contribution is -2.59. The Morgan fingerprint density at radius 2 is 1.86 bits per heavy atom. The van der Waals surface area contributed by atoms with Gasteiger partial charge in [-0.1, -0.05) is 20.8 Å². The van der Waals surface area contributed by atoms with E-state index in [1.807, 2.05) is 27.7 Å². The van der Waals surface area contributed by atoms with Crippen LogP contribution in [0.5, 0.6) is 0 Å². The molecule has 0 radical (unpaired) electrons. The zero-order chi connectivity index (χ0) is 22.0. The molecule has 0 saturated heterocycles. The van der Waals surface area contributed by atoms with Crippen LogP contribution in [0.25, 0.3) is 0 Å². The van der Waals surface area contributed by atoms with Crippen molar-refractivity contribution in [2.24, 2.45) is 29.1 Å². The van der Waals surface area contributed by atoms with Crippen LogP contribution < -0.4 is 10.6 Å². The molecule has 2 aliphatic rings. The van der Waals surface area contributed by atoms with Crippen LogP contribution in [0.4, 0.5) is 0 Å². The largest absolute Gasteiger partial charge is 0.392 e. The fourth-order valence-corrected chi connectivity index (χ4v) is 5.65. The highest BCUT2D eigenvalue weighted by Gasteiger charge is 2.53. The topological polar surface area (TPSA) is 87.7 Å². The van der Waals surface area contributed by atoms with Crippen molar-refractivity contribution < 1.29 is 19.4 Å². The second-order valence-corrected chi connectivity index (χ2v) is 10.7. The SMILES string of the molecule is COCCC(=O)N[C@H]1CC[C@]2(C)CCC([C@H](C)C(=O)NC(C)(C)C)[C@H](O)[C@H]2[C@@H]1C. The van der Waals surface area contributed by atoms with Gasteiger partial charge in [-0.05, 0) is 69.6 Å². The molecule has 2 saturated carbocycles. The molecule has 0 heterocycles. The number of hydrogen-bond acceptors (Lipinski definition) is 4. The van der Waals surface area contributed by atoms with Crippen LogP contribution in [0, 0.1) is 29.1 Å². The van der Waals surface area contributed by atoms with Gasteiger partial charge in [-0.15, -0.1) is 0 Å². The van der Waals surface area contributed by atoms with Crippen LogP contribution in [0.3, 0.4) is 0 Å². The van der Waals surface area contributed by atoms with E-state index in [1.165, 1.54) is 0 Å². The summed E-state index contributed by atoms with van der Waals surface area (Å²) in [5.74, 6) is -0.0351. The Hall–Kier alpha value is -1.14. The number of amides is 2. The second kappa shape index (κ2) is 9.34. The quantitative estimate of drug-likeness (QED) is 0.628. The third kappa shape index (κ3) is 5.72. The molecule has 6 heteroatoms. The number of fused-ring (bicyclic) bond motifs is 1. The first-order valence-electron chi connectivity index (χ1n) is 11.2. The lowest BCUT2D eigenvalue weighted by atomic mass is 9.51. The summed E-state index contributed by atoms with van der Waals surface area (Å²) in [5, 5.41) is 17.6. The maximum Gasteiger partial charge on any atom is 0.223 e. The van der Waals surface area contributed by atoms with Gasteiger partial charge in [-0.3, -0.25) is 9.59 Å². The van der Waals surface area contributed by atoms with Gasteiger partial charge in [0, 0.05) is 31.0 Å². The molecule has 2 amide bonds. The molecule has 0 aromatic heterocycles. The molecule has 1 unspecified atom stereocenters. The van der Waals surface area contributed by atoms with Crippen LogP contribution in [0.1, 0.15) is 73.6 Å². The first kappa shape index (κ1) is 24.1. The molecular formula is C23H42N2O4. The highest BCUT2D eigenvalue weighted by molar-refractivity contribution is 5.79. The van der Waals surface area contributed by atoms with Gasteiger partial charge in [-0.25, -0.2) is 0 Å². The maximum atomic E-state index is 12.7. The van der Waals surface area contributed by atoms with Crippen molar-refractivity contribution in [3.05, 3.63) is 0 Å². The minimum atomic E-state index is -0.539. The fourth-order valence-electron chi connectivity index (χ4n) is 5.65. The lowest BCUT2D eigenvalue weighted by molar-refractivity contribution is -0.144.